The van der Waals surface area contributed by atoms with Crippen LogP contribution in [-0.2, 0) is 0 Å². The van der Waals surface area contributed by atoms with Crippen molar-refractivity contribution in [2.45, 2.75) is 25.7 Å². The van der Waals surface area contributed by atoms with Gasteiger partial charge in [-0.25, -0.2) is 4.79 Å². The monoisotopic (exact) mass is 264 g/mol. The molecule has 0 saturated carbocycles. The summed E-state index contributed by atoms with van der Waals surface area (Å²) in [6, 6.07) is 8.09. The normalized spacial score (nSPS) is 15.2. The Labute approximate surface area is 113 Å². The number of hydrogen-bond donors (Lipinski definition) is 1. The zero-order valence-corrected chi connectivity index (χ0v) is 12.0. The third kappa shape index (κ3) is 3.19. The number of carbonyl (C=O) groups excluding carboxylic acids is 1. The van der Waals surface area contributed by atoms with E-state index >= 15 is 0 Å². The first-order chi connectivity index (χ1) is 8.47. The minimum atomic E-state index is 0.0117. The van der Waals surface area contributed by atoms with Gasteiger partial charge < -0.3 is 5.32 Å². The molecular weight excluding hydrogens is 244 g/mol. The van der Waals surface area contributed by atoms with Gasteiger partial charge in [0, 0.05) is 23.7 Å². The Bertz CT molecular complexity index is 440. The number of benzene rings is 1. The van der Waals surface area contributed by atoms with Gasteiger partial charge in [0.2, 0.25) is 0 Å². The number of hydrogen-bond acceptors (Lipinski definition) is 2. The van der Waals surface area contributed by atoms with Crippen molar-refractivity contribution in [1.29, 1.82) is 0 Å². The molecule has 0 bridgehead atoms. The Morgan fingerprint density at radius 3 is 2.83 bits per heavy atom. The average Bonchev–Trinajstić information content (AvgIpc) is 2.34. The fraction of sp³-hybridized carbons (Fsp3) is 0.500. The third-order valence-corrected chi connectivity index (χ3v) is 3.79. The minimum Gasteiger partial charge on any atom is -0.337 e. The Morgan fingerprint density at radius 2 is 2.11 bits per heavy atom. The van der Waals surface area contributed by atoms with Gasteiger partial charge in [-0.15, -0.1) is 11.8 Å². The van der Waals surface area contributed by atoms with Gasteiger partial charge in [0.05, 0.1) is 5.69 Å². The van der Waals surface area contributed by atoms with E-state index in [1.165, 1.54) is 4.90 Å². The number of para-hydroxylation sites is 1. The van der Waals surface area contributed by atoms with Gasteiger partial charge in [0.15, 0.2) is 0 Å². The molecule has 1 aromatic carbocycles. The van der Waals surface area contributed by atoms with Gasteiger partial charge >= 0.3 is 6.03 Å². The zero-order chi connectivity index (χ0) is 13.2. The lowest BCUT2D eigenvalue weighted by molar-refractivity contribution is 0.241. The first-order valence-electron chi connectivity index (χ1n) is 6.24. The summed E-state index contributed by atoms with van der Waals surface area (Å²) in [6.45, 7) is 7.82. The van der Waals surface area contributed by atoms with Crippen LogP contribution >= 0.6 is 11.8 Å². The van der Waals surface area contributed by atoms with Crippen LogP contribution < -0.4 is 10.2 Å². The van der Waals surface area contributed by atoms with Crippen molar-refractivity contribution in [3.05, 3.63) is 24.3 Å². The summed E-state index contributed by atoms with van der Waals surface area (Å²) in [4.78, 5) is 15.2. The van der Waals surface area contributed by atoms with Crippen molar-refractivity contribution in [2.75, 3.05) is 23.7 Å². The Morgan fingerprint density at radius 1 is 1.39 bits per heavy atom. The smallest absolute Gasteiger partial charge is 0.321 e. The van der Waals surface area contributed by atoms with E-state index in [1.54, 1.807) is 0 Å². The van der Waals surface area contributed by atoms with Crippen LogP contribution in [0.25, 0.3) is 0 Å². The third-order valence-electron chi connectivity index (χ3n) is 2.74. The van der Waals surface area contributed by atoms with Gasteiger partial charge in [0.1, 0.15) is 0 Å². The molecular formula is C14H20N2OS. The maximum Gasteiger partial charge on any atom is 0.321 e. The number of anilines is 1. The molecule has 2 amide bonds. The van der Waals surface area contributed by atoms with E-state index in [0.717, 1.165) is 18.0 Å². The van der Waals surface area contributed by atoms with Gasteiger partial charge in [-0.3, -0.25) is 4.90 Å². The number of fused-ring (bicyclic) bond motifs is 1. The fourth-order valence-electron chi connectivity index (χ4n) is 1.82. The highest BCUT2D eigenvalue weighted by molar-refractivity contribution is 7.99. The predicted molar refractivity (Wildman–Crippen MR) is 77.4 cm³/mol. The Kier molecular flexibility index (Phi) is 3.85. The summed E-state index contributed by atoms with van der Waals surface area (Å²) in [7, 11) is 0. The molecule has 4 heteroatoms. The maximum atomic E-state index is 12.2. The van der Waals surface area contributed by atoms with Crippen molar-refractivity contribution < 1.29 is 4.79 Å². The molecule has 0 atom stereocenters. The van der Waals surface area contributed by atoms with Crippen LogP contribution in [0.1, 0.15) is 20.8 Å². The number of carbonyl (C=O) groups is 1. The van der Waals surface area contributed by atoms with E-state index in [0.29, 0.717) is 6.54 Å². The topological polar surface area (TPSA) is 32.3 Å². The van der Waals surface area contributed by atoms with Crippen LogP contribution in [0.5, 0.6) is 0 Å². The molecule has 0 aliphatic carbocycles. The molecule has 1 heterocycles. The van der Waals surface area contributed by atoms with Crippen molar-refractivity contribution in [3.63, 3.8) is 0 Å². The van der Waals surface area contributed by atoms with Gasteiger partial charge in [-0.2, -0.15) is 0 Å². The van der Waals surface area contributed by atoms with E-state index in [1.807, 2.05) is 34.9 Å². The highest BCUT2D eigenvalue weighted by atomic mass is 32.2. The molecule has 0 unspecified atom stereocenters. The van der Waals surface area contributed by atoms with Crippen molar-refractivity contribution in [2.24, 2.45) is 5.41 Å². The first-order valence-corrected chi connectivity index (χ1v) is 7.23. The summed E-state index contributed by atoms with van der Waals surface area (Å²) >= 11 is 1.81. The number of amides is 2. The number of urea groups is 1. The van der Waals surface area contributed by atoms with Gasteiger partial charge in [0.25, 0.3) is 0 Å². The number of thioether (sulfide) groups is 1. The van der Waals surface area contributed by atoms with E-state index in [4.69, 9.17) is 0 Å². The van der Waals surface area contributed by atoms with Crippen molar-refractivity contribution in [1.82, 2.24) is 5.32 Å². The summed E-state index contributed by atoms with van der Waals surface area (Å²) in [6.07, 6.45) is 0. The van der Waals surface area contributed by atoms with Crippen LogP contribution in [0.4, 0.5) is 10.5 Å². The molecule has 1 aliphatic heterocycles. The van der Waals surface area contributed by atoms with Crippen LogP contribution in [0.3, 0.4) is 0 Å². The van der Waals surface area contributed by atoms with E-state index in [-0.39, 0.29) is 11.4 Å². The van der Waals surface area contributed by atoms with Gasteiger partial charge in [-0.05, 0) is 17.5 Å². The predicted octanol–water partition coefficient (Wildman–Crippen LogP) is 3.35. The number of nitrogens with one attached hydrogen (secondary N) is 1. The Hall–Kier alpha value is -1.16. The first kappa shape index (κ1) is 13.3. The van der Waals surface area contributed by atoms with E-state index in [2.05, 4.69) is 32.2 Å². The van der Waals surface area contributed by atoms with Crippen LogP contribution in [0.2, 0.25) is 0 Å². The second-order valence-electron chi connectivity index (χ2n) is 5.69. The lowest BCUT2D eigenvalue weighted by Gasteiger charge is -2.30. The molecule has 1 aliphatic rings. The van der Waals surface area contributed by atoms with E-state index < -0.39 is 0 Å². The maximum absolute atomic E-state index is 12.2. The van der Waals surface area contributed by atoms with Crippen molar-refractivity contribution in [3.8, 4) is 0 Å². The largest absolute Gasteiger partial charge is 0.337 e. The SMILES string of the molecule is CC(C)(C)CNC(=O)N1CCSc2ccccc21. The molecule has 1 aromatic rings. The molecule has 0 saturated heterocycles. The second kappa shape index (κ2) is 5.22. The summed E-state index contributed by atoms with van der Waals surface area (Å²) in [5.41, 5.74) is 1.14. The highest BCUT2D eigenvalue weighted by Crippen LogP contribution is 2.34. The molecule has 3 nitrogen and oxygen atoms in total. The molecule has 98 valence electrons. The summed E-state index contributed by atoms with van der Waals surface area (Å²) < 4.78 is 0. The second-order valence-corrected chi connectivity index (χ2v) is 6.82. The molecule has 0 spiro atoms. The number of rotatable bonds is 1. The molecule has 1 N–H and O–H groups in total. The standard InChI is InChI=1S/C14H20N2OS/c1-14(2,3)10-15-13(17)16-8-9-18-12-7-5-4-6-11(12)16/h4-7H,8-10H2,1-3H3,(H,15,17). The molecule has 18 heavy (non-hydrogen) atoms. The van der Waals surface area contributed by atoms with Crippen LogP contribution in [0.15, 0.2) is 29.2 Å². The quantitative estimate of drug-likeness (QED) is 0.843. The van der Waals surface area contributed by atoms with E-state index in [9.17, 15) is 4.79 Å². The lowest BCUT2D eigenvalue weighted by Crippen LogP contribution is -2.45. The molecule has 0 aromatic heterocycles. The number of nitrogens with zero attached hydrogens (tertiary/aromatic N) is 1. The van der Waals surface area contributed by atoms with Crippen molar-refractivity contribution >= 4 is 23.5 Å². The average molecular weight is 264 g/mol. The molecule has 2 rings (SSSR count). The fourth-order valence-corrected chi connectivity index (χ4v) is 2.81. The zero-order valence-electron chi connectivity index (χ0n) is 11.2. The lowest BCUT2D eigenvalue weighted by atomic mass is 9.97. The summed E-state index contributed by atoms with van der Waals surface area (Å²) in [5.74, 6) is 0.958. The van der Waals surface area contributed by atoms with Gasteiger partial charge in [-0.1, -0.05) is 32.9 Å². The summed E-state index contributed by atoms with van der Waals surface area (Å²) in [5, 5.41) is 3.01. The van der Waals surface area contributed by atoms with Crippen LogP contribution in [0, 0.1) is 5.41 Å². The highest BCUT2D eigenvalue weighted by Gasteiger charge is 2.23. The molecule has 0 radical (unpaired) electrons. The Balaban J connectivity index is 2.08. The van der Waals surface area contributed by atoms with Crippen LogP contribution in [-0.4, -0.2) is 24.9 Å². The molecule has 0 fully saturated rings. The minimum absolute atomic E-state index is 0.0117.